The maximum atomic E-state index is 12.9. The van der Waals surface area contributed by atoms with Crippen molar-refractivity contribution in [2.45, 2.75) is 79.9 Å². The molecule has 5 atom stereocenters. The Bertz CT molecular complexity index is 1100. The Labute approximate surface area is 251 Å². The van der Waals surface area contributed by atoms with Gasteiger partial charge in [-0.05, 0) is 29.3 Å². The summed E-state index contributed by atoms with van der Waals surface area (Å²) in [5.74, 6) is -0.961. The number of benzene rings is 2. The highest BCUT2D eigenvalue weighted by Crippen LogP contribution is 2.40. The van der Waals surface area contributed by atoms with Crippen molar-refractivity contribution in [2.24, 2.45) is 0 Å². The molecule has 0 aliphatic carbocycles. The van der Waals surface area contributed by atoms with E-state index in [1.54, 1.807) is 13.8 Å². The van der Waals surface area contributed by atoms with E-state index >= 15 is 0 Å². The van der Waals surface area contributed by atoms with Crippen LogP contribution >= 0.6 is 34.8 Å². The van der Waals surface area contributed by atoms with Crippen LogP contribution in [-0.4, -0.2) is 73.0 Å². The van der Waals surface area contributed by atoms with Gasteiger partial charge in [0.1, 0.15) is 31.0 Å². The zero-order chi connectivity index (χ0) is 29.3. The molecule has 40 heavy (non-hydrogen) atoms. The summed E-state index contributed by atoms with van der Waals surface area (Å²) in [5.41, 5.74) is 0. The summed E-state index contributed by atoms with van der Waals surface area (Å²) < 4.78 is 28.8. The second kappa shape index (κ2) is 12.1. The molecule has 220 valence electrons. The molecular formula is C28H36Cl3NO7Si. The molecule has 2 aliphatic heterocycles. The van der Waals surface area contributed by atoms with Gasteiger partial charge in [-0.15, -0.1) is 0 Å². The predicted octanol–water partition coefficient (Wildman–Crippen LogP) is 4.27. The summed E-state index contributed by atoms with van der Waals surface area (Å²) in [6.45, 7) is 9.53. The molecule has 0 radical (unpaired) electrons. The molecule has 2 N–H and O–H groups in total. The number of aliphatic hydroxyl groups excluding tert-OH is 1. The highest BCUT2D eigenvalue weighted by molar-refractivity contribution is 6.99. The minimum absolute atomic E-state index is 0.166. The maximum Gasteiger partial charge on any atom is 0.407 e. The Kier molecular flexibility index (Phi) is 9.51. The summed E-state index contributed by atoms with van der Waals surface area (Å²) >= 11 is 17.3. The SMILES string of the molecule is CC1(C)OC[C@H]2O[C@@H](O[Si](c3ccccc3)(c3ccccc3)C(C)(C)C)[C@H](NC(=O)OCC(Cl)(Cl)Cl)[C@@H](O)[C@@H]2O1. The average molecular weight is 633 g/mol. The number of nitrogens with one attached hydrogen (secondary N) is 1. The number of rotatable bonds is 6. The zero-order valence-corrected chi connectivity index (χ0v) is 26.4. The number of alkyl carbamates (subject to hydrolysis) is 1. The maximum absolute atomic E-state index is 12.9. The van der Waals surface area contributed by atoms with E-state index in [4.69, 9.17) is 58.2 Å². The molecule has 2 aromatic carbocycles. The fourth-order valence-corrected chi connectivity index (χ4v) is 10.0. The van der Waals surface area contributed by atoms with Crippen molar-refractivity contribution in [1.29, 1.82) is 0 Å². The van der Waals surface area contributed by atoms with Crippen molar-refractivity contribution in [3.05, 3.63) is 60.7 Å². The number of carbonyl (C=O) groups is 1. The van der Waals surface area contributed by atoms with E-state index in [1.165, 1.54) is 0 Å². The molecule has 2 saturated heterocycles. The number of carbonyl (C=O) groups excluding carboxylic acids is 1. The van der Waals surface area contributed by atoms with Crippen LogP contribution in [0.4, 0.5) is 4.79 Å². The molecule has 12 heteroatoms. The van der Waals surface area contributed by atoms with Crippen molar-refractivity contribution in [2.75, 3.05) is 13.2 Å². The first-order valence-corrected chi connectivity index (χ1v) is 16.1. The largest absolute Gasteiger partial charge is 0.445 e. The summed E-state index contributed by atoms with van der Waals surface area (Å²) in [4.78, 5) is 12.9. The Morgan fingerprint density at radius 1 is 1.05 bits per heavy atom. The molecule has 0 unspecified atom stereocenters. The monoisotopic (exact) mass is 631 g/mol. The van der Waals surface area contributed by atoms with Crippen LogP contribution in [0.25, 0.3) is 0 Å². The lowest BCUT2D eigenvalue weighted by Crippen LogP contribution is -2.74. The van der Waals surface area contributed by atoms with Crippen molar-refractivity contribution in [3.8, 4) is 0 Å². The number of ether oxygens (including phenoxy) is 4. The second-order valence-corrected chi connectivity index (χ2v) is 18.2. The molecule has 2 fully saturated rings. The van der Waals surface area contributed by atoms with E-state index in [0.29, 0.717) is 0 Å². The molecule has 1 amide bonds. The van der Waals surface area contributed by atoms with E-state index in [0.717, 1.165) is 10.4 Å². The average Bonchev–Trinajstić information content (AvgIpc) is 2.88. The minimum Gasteiger partial charge on any atom is -0.445 e. The number of fused-ring (bicyclic) bond motifs is 1. The second-order valence-electron chi connectivity index (χ2n) is 11.5. The Balaban J connectivity index is 1.77. The highest BCUT2D eigenvalue weighted by Gasteiger charge is 2.57. The third-order valence-corrected chi connectivity index (χ3v) is 12.4. The molecule has 2 aliphatic rings. The molecular weight excluding hydrogens is 597 g/mol. The lowest BCUT2D eigenvalue weighted by Gasteiger charge is -2.53. The van der Waals surface area contributed by atoms with Crippen molar-refractivity contribution >= 4 is 59.6 Å². The van der Waals surface area contributed by atoms with Gasteiger partial charge in [-0.25, -0.2) is 4.79 Å². The number of aliphatic hydroxyl groups is 1. The molecule has 8 nitrogen and oxygen atoms in total. The number of hydrogen-bond acceptors (Lipinski definition) is 7. The Morgan fingerprint density at radius 3 is 2.10 bits per heavy atom. The van der Waals surface area contributed by atoms with E-state index in [1.807, 2.05) is 60.7 Å². The van der Waals surface area contributed by atoms with Gasteiger partial charge in [0, 0.05) is 0 Å². The summed E-state index contributed by atoms with van der Waals surface area (Å²) in [6.07, 6.45) is -4.69. The molecule has 2 aromatic rings. The standard InChI is InChI=1S/C28H36Cl3NO7Si/c1-26(2,3)40(18-12-8-6-9-13-18,19-14-10-7-11-15-19)39-24-21(32-25(34)35-17-28(29,30)31)22(33)23-20(37-24)16-36-27(4,5)38-23/h6-15,20-24,33H,16-17H2,1-5H3,(H,32,34)/t20-,21-,22-,23-,24+/m1/s1. The predicted molar refractivity (Wildman–Crippen MR) is 157 cm³/mol. The first-order valence-electron chi connectivity index (χ1n) is 13.1. The van der Waals surface area contributed by atoms with Gasteiger partial charge in [0.15, 0.2) is 12.1 Å². The topological polar surface area (TPSA) is 95.5 Å². The summed E-state index contributed by atoms with van der Waals surface area (Å²) in [6, 6.07) is 18.9. The van der Waals surface area contributed by atoms with Crippen molar-refractivity contribution < 1.29 is 33.3 Å². The quantitative estimate of drug-likeness (QED) is 0.363. The smallest absolute Gasteiger partial charge is 0.407 e. The van der Waals surface area contributed by atoms with Crippen LogP contribution in [-0.2, 0) is 23.4 Å². The van der Waals surface area contributed by atoms with Crippen LogP contribution in [0.15, 0.2) is 60.7 Å². The van der Waals surface area contributed by atoms with Gasteiger partial charge in [0.25, 0.3) is 8.32 Å². The van der Waals surface area contributed by atoms with Gasteiger partial charge in [-0.3, -0.25) is 0 Å². The number of amides is 1. The third kappa shape index (κ3) is 6.96. The third-order valence-electron chi connectivity index (χ3n) is 7.05. The lowest BCUT2D eigenvalue weighted by atomic mass is 9.95. The van der Waals surface area contributed by atoms with Crippen LogP contribution in [0.1, 0.15) is 34.6 Å². The van der Waals surface area contributed by atoms with E-state index < -0.39 is 66.3 Å². The van der Waals surface area contributed by atoms with Crippen LogP contribution in [0, 0.1) is 0 Å². The van der Waals surface area contributed by atoms with Gasteiger partial charge < -0.3 is 33.8 Å². The molecule has 0 saturated carbocycles. The van der Waals surface area contributed by atoms with Gasteiger partial charge in [0.2, 0.25) is 3.79 Å². The van der Waals surface area contributed by atoms with E-state index in [2.05, 4.69) is 26.1 Å². The first-order chi connectivity index (χ1) is 18.6. The fourth-order valence-electron chi connectivity index (χ4n) is 5.29. The number of hydrogen-bond donors (Lipinski definition) is 2. The Morgan fingerprint density at radius 2 is 1.60 bits per heavy atom. The zero-order valence-electron chi connectivity index (χ0n) is 23.1. The van der Waals surface area contributed by atoms with Crippen LogP contribution in [0.3, 0.4) is 0 Å². The van der Waals surface area contributed by atoms with Gasteiger partial charge in [-0.2, -0.15) is 0 Å². The number of halogens is 3. The molecule has 0 bridgehead atoms. The minimum atomic E-state index is -3.17. The van der Waals surface area contributed by atoms with E-state index in [9.17, 15) is 9.90 Å². The number of alkyl halides is 3. The fraction of sp³-hybridized carbons (Fsp3) is 0.536. The van der Waals surface area contributed by atoms with Gasteiger partial charge in [0.05, 0.1) is 6.61 Å². The summed E-state index contributed by atoms with van der Waals surface area (Å²) in [7, 11) is -3.17. The van der Waals surface area contributed by atoms with Crippen LogP contribution in [0.2, 0.25) is 5.04 Å². The van der Waals surface area contributed by atoms with Gasteiger partial charge >= 0.3 is 6.09 Å². The van der Waals surface area contributed by atoms with Crippen LogP contribution in [0.5, 0.6) is 0 Å². The Hall–Kier alpha value is -1.40. The molecule has 4 rings (SSSR count). The van der Waals surface area contributed by atoms with Gasteiger partial charge in [-0.1, -0.05) is 116 Å². The molecule has 0 aromatic heterocycles. The van der Waals surface area contributed by atoms with Crippen molar-refractivity contribution in [3.63, 3.8) is 0 Å². The van der Waals surface area contributed by atoms with E-state index in [-0.39, 0.29) is 6.61 Å². The highest BCUT2D eigenvalue weighted by atomic mass is 35.6. The van der Waals surface area contributed by atoms with Crippen LogP contribution < -0.4 is 15.7 Å². The summed E-state index contributed by atoms with van der Waals surface area (Å²) in [5, 5.41) is 15.9. The molecule has 0 spiro atoms. The van der Waals surface area contributed by atoms with Crippen molar-refractivity contribution in [1.82, 2.24) is 5.32 Å². The first kappa shape index (κ1) is 31.5. The lowest BCUT2D eigenvalue weighted by molar-refractivity contribution is -0.362. The molecule has 2 heterocycles. The normalized spacial score (nSPS) is 27.0.